The fraction of sp³-hybridized carbons (Fsp3) is 0.516. The van der Waals surface area contributed by atoms with Crippen molar-refractivity contribution >= 4 is 40.6 Å². The monoisotopic (exact) mass is 562 g/mol. The molecule has 1 unspecified atom stereocenters. The Bertz CT molecular complexity index is 1230. The molecule has 1 N–H and O–H groups in total. The summed E-state index contributed by atoms with van der Waals surface area (Å²) in [5.41, 5.74) is 4.58. The summed E-state index contributed by atoms with van der Waals surface area (Å²) in [6, 6.07) is 14.8. The topological polar surface area (TPSA) is 73.8 Å². The van der Waals surface area contributed by atoms with Gasteiger partial charge in [-0.15, -0.1) is 0 Å². The number of amides is 1. The maximum absolute atomic E-state index is 10.9. The van der Waals surface area contributed by atoms with E-state index in [0.29, 0.717) is 5.92 Å². The Morgan fingerprint density at radius 2 is 1.73 bits per heavy atom. The van der Waals surface area contributed by atoms with Gasteiger partial charge in [-0.25, -0.2) is 14.3 Å². The first-order valence-corrected chi connectivity index (χ1v) is 15.8. The van der Waals surface area contributed by atoms with Crippen molar-refractivity contribution < 1.29 is 9.53 Å². The second kappa shape index (κ2) is 14.0. The molecule has 0 aliphatic carbocycles. The maximum Gasteiger partial charge on any atom is 0.209 e. The second-order valence-electron chi connectivity index (χ2n) is 10.8. The fourth-order valence-corrected chi connectivity index (χ4v) is 6.54. The molecule has 0 saturated carbocycles. The number of aromatic nitrogens is 2. The number of carbonyl (C=O) groups excluding carboxylic acids is 1. The van der Waals surface area contributed by atoms with Crippen molar-refractivity contribution in [3.05, 3.63) is 54.5 Å². The average molecular weight is 563 g/mol. The van der Waals surface area contributed by atoms with Gasteiger partial charge in [-0.1, -0.05) is 11.9 Å². The fourth-order valence-electron chi connectivity index (χ4n) is 5.91. The third-order valence-electron chi connectivity index (χ3n) is 8.23. The highest BCUT2D eigenvalue weighted by Gasteiger charge is 2.24. The molecule has 3 fully saturated rings. The van der Waals surface area contributed by atoms with E-state index < -0.39 is 0 Å². The molecule has 8 nitrogen and oxygen atoms in total. The molecule has 3 aliphatic heterocycles. The highest BCUT2D eigenvalue weighted by atomic mass is 32.2. The Balaban J connectivity index is 0.000000207. The Morgan fingerprint density at radius 3 is 2.42 bits per heavy atom. The molecule has 3 aliphatic rings. The number of nitrogens with one attached hydrogen (secondary N) is 1. The minimum atomic E-state index is 0.234. The van der Waals surface area contributed by atoms with Crippen LogP contribution in [-0.2, 0) is 4.79 Å². The molecule has 3 saturated heterocycles. The molecule has 1 atom stereocenters. The highest BCUT2D eigenvalue weighted by molar-refractivity contribution is 7.96. The average Bonchev–Trinajstić information content (AvgIpc) is 3.56. The van der Waals surface area contributed by atoms with E-state index in [-0.39, 0.29) is 6.10 Å². The molecule has 3 aromatic rings. The van der Waals surface area contributed by atoms with Gasteiger partial charge in [0.05, 0.1) is 11.2 Å². The van der Waals surface area contributed by atoms with E-state index in [2.05, 4.69) is 61.1 Å². The maximum atomic E-state index is 10.9. The predicted molar refractivity (Wildman–Crippen MR) is 165 cm³/mol. The van der Waals surface area contributed by atoms with Gasteiger partial charge in [-0.3, -0.25) is 4.79 Å². The Labute approximate surface area is 242 Å². The molecule has 0 bridgehead atoms. The van der Waals surface area contributed by atoms with Gasteiger partial charge in [-0.2, -0.15) is 0 Å². The number of nitrogens with zero attached hydrogens (tertiary/aromatic N) is 5. The molecule has 0 radical (unpaired) electrons. The summed E-state index contributed by atoms with van der Waals surface area (Å²) in [4.78, 5) is 24.3. The summed E-state index contributed by atoms with van der Waals surface area (Å²) in [6.07, 6.45) is 11.8. The van der Waals surface area contributed by atoms with Crippen LogP contribution in [0.2, 0.25) is 0 Å². The van der Waals surface area contributed by atoms with Gasteiger partial charge in [0.2, 0.25) is 6.41 Å². The predicted octanol–water partition coefficient (Wildman–Crippen LogP) is 5.42. The molecule has 4 heterocycles. The van der Waals surface area contributed by atoms with E-state index >= 15 is 0 Å². The molecule has 1 amide bonds. The quantitative estimate of drug-likeness (QED) is 0.303. The number of fused-ring (bicyclic) bond motifs is 1. The number of hydrogen-bond donors (Lipinski definition) is 1. The molecular formula is C31H42N6O2S. The van der Waals surface area contributed by atoms with Crippen molar-refractivity contribution in [3.63, 3.8) is 0 Å². The first kappa shape index (κ1) is 28.5. The molecule has 40 heavy (non-hydrogen) atoms. The minimum absolute atomic E-state index is 0.234. The van der Waals surface area contributed by atoms with Crippen LogP contribution >= 0.6 is 11.9 Å². The number of hydrogen-bond acceptors (Lipinski definition) is 8. The van der Waals surface area contributed by atoms with Gasteiger partial charge >= 0.3 is 0 Å². The van der Waals surface area contributed by atoms with Crippen molar-refractivity contribution in [2.24, 2.45) is 0 Å². The van der Waals surface area contributed by atoms with E-state index in [0.717, 1.165) is 74.2 Å². The normalized spacial score (nSPS) is 20.2. The first-order chi connectivity index (χ1) is 19.7. The number of rotatable bonds is 7. The Kier molecular flexibility index (Phi) is 10.00. The molecule has 214 valence electrons. The lowest BCUT2D eigenvalue weighted by molar-refractivity contribution is -0.119. The highest BCUT2D eigenvalue weighted by Crippen LogP contribution is 2.32. The summed E-state index contributed by atoms with van der Waals surface area (Å²) in [5.74, 6) is 1.27. The number of ether oxygens (including phenoxy) is 1. The van der Waals surface area contributed by atoms with Crippen molar-refractivity contribution in [2.45, 2.75) is 50.5 Å². The zero-order valence-corrected chi connectivity index (χ0v) is 24.6. The van der Waals surface area contributed by atoms with Crippen LogP contribution in [0.15, 0.2) is 48.8 Å². The van der Waals surface area contributed by atoms with E-state index in [9.17, 15) is 4.79 Å². The molecule has 0 spiro atoms. The van der Waals surface area contributed by atoms with Crippen LogP contribution in [0, 0.1) is 0 Å². The largest absolute Gasteiger partial charge is 0.489 e. The van der Waals surface area contributed by atoms with Crippen molar-refractivity contribution in [1.82, 2.24) is 19.2 Å². The van der Waals surface area contributed by atoms with Gasteiger partial charge in [-0.05, 0) is 81.2 Å². The van der Waals surface area contributed by atoms with Crippen LogP contribution in [0.4, 0.5) is 11.4 Å². The van der Waals surface area contributed by atoms with Crippen LogP contribution in [0.25, 0.3) is 10.9 Å². The summed E-state index contributed by atoms with van der Waals surface area (Å²) in [6.45, 7) is 6.14. The zero-order chi connectivity index (χ0) is 27.7. The zero-order valence-electron chi connectivity index (χ0n) is 23.8. The van der Waals surface area contributed by atoms with Crippen LogP contribution in [0.5, 0.6) is 5.75 Å². The third kappa shape index (κ3) is 7.18. The summed E-state index contributed by atoms with van der Waals surface area (Å²) in [7, 11) is 1.95. The van der Waals surface area contributed by atoms with Crippen LogP contribution in [-0.4, -0.2) is 84.3 Å². The third-order valence-corrected chi connectivity index (χ3v) is 9.08. The van der Waals surface area contributed by atoms with Gasteiger partial charge in [0.15, 0.2) is 0 Å². The Morgan fingerprint density at radius 1 is 0.950 bits per heavy atom. The Hall–Kier alpha value is -3.04. The number of likely N-dealkylation sites (tertiary alicyclic amines) is 1. The molecular weight excluding hydrogens is 520 g/mol. The molecule has 2 aromatic carbocycles. The van der Waals surface area contributed by atoms with E-state index in [1.165, 1.54) is 43.7 Å². The second-order valence-corrected chi connectivity index (χ2v) is 11.7. The summed E-state index contributed by atoms with van der Waals surface area (Å²) < 4.78 is 8.61. The first-order valence-electron chi connectivity index (χ1n) is 14.6. The van der Waals surface area contributed by atoms with Crippen LogP contribution < -0.4 is 15.0 Å². The lowest BCUT2D eigenvalue weighted by Crippen LogP contribution is -2.37. The van der Waals surface area contributed by atoms with Crippen molar-refractivity contribution in [3.8, 4) is 5.75 Å². The van der Waals surface area contributed by atoms with Crippen molar-refractivity contribution in [1.29, 1.82) is 0 Å². The lowest BCUT2D eigenvalue weighted by atomic mass is 9.91. The van der Waals surface area contributed by atoms with Gasteiger partial charge in [0.1, 0.15) is 18.2 Å². The van der Waals surface area contributed by atoms with Crippen molar-refractivity contribution in [2.75, 3.05) is 62.8 Å². The number of carbonyl (C=O) groups is 1. The van der Waals surface area contributed by atoms with Gasteiger partial charge < -0.3 is 19.9 Å². The van der Waals surface area contributed by atoms with E-state index in [1.54, 1.807) is 18.3 Å². The number of piperidine rings is 2. The van der Waals surface area contributed by atoms with Gasteiger partial charge in [0, 0.05) is 75.1 Å². The smallest absolute Gasteiger partial charge is 0.209 e. The minimum Gasteiger partial charge on any atom is -0.489 e. The van der Waals surface area contributed by atoms with Crippen LogP contribution in [0.1, 0.15) is 50.1 Å². The standard InChI is InChI=1S/C20H26N4O2S.C11H16N2/c1-27-24-8-2-3-17(12-24)26-16-4-5-18-19(11-16)21-13-22-20(18)15-6-9-23(14-25)10-7-15;1-12-10-4-6-11(7-5-10)13-8-2-3-9-13/h4-5,11,13-15,17H,2-3,6-10,12H2,1H3;4-7,12H,2-3,8-9H2,1H3. The van der Waals surface area contributed by atoms with E-state index in [1.807, 2.05) is 24.1 Å². The number of anilines is 2. The van der Waals surface area contributed by atoms with E-state index in [4.69, 9.17) is 4.74 Å². The summed E-state index contributed by atoms with van der Waals surface area (Å²) in [5, 5.41) is 4.23. The number of benzene rings is 2. The SMILES string of the molecule is CNc1ccc(N2CCCC2)cc1.CSN1CCCC(Oc2ccc3c(C4CCN(C=O)CC4)ncnc3c2)C1. The van der Waals surface area contributed by atoms with Crippen LogP contribution in [0.3, 0.4) is 0 Å². The molecule has 1 aromatic heterocycles. The summed E-state index contributed by atoms with van der Waals surface area (Å²) >= 11 is 1.79. The molecule has 6 rings (SSSR count). The van der Waals surface area contributed by atoms with Gasteiger partial charge in [0.25, 0.3) is 0 Å². The molecule has 9 heteroatoms. The lowest BCUT2D eigenvalue weighted by Gasteiger charge is -2.31.